The van der Waals surface area contributed by atoms with Gasteiger partial charge in [-0.25, -0.2) is 9.37 Å². The number of hydrogen-bond donors (Lipinski definition) is 2. The summed E-state index contributed by atoms with van der Waals surface area (Å²) in [5.74, 6) is 0.578. The minimum atomic E-state index is -0.276. The number of carbonyl (C=O) groups is 1. The maximum Gasteiger partial charge on any atom is 0.251 e. The van der Waals surface area contributed by atoms with Gasteiger partial charge < -0.3 is 16.0 Å². The second kappa shape index (κ2) is 9.30. The van der Waals surface area contributed by atoms with E-state index in [9.17, 15) is 4.79 Å². The minimum absolute atomic E-state index is 0.0557. The van der Waals surface area contributed by atoms with Crippen LogP contribution in [0.15, 0.2) is 48.7 Å². The molecule has 1 fully saturated rings. The predicted octanol–water partition coefficient (Wildman–Crippen LogP) is 4.20. The SMILES string of the molecule is CC(C)C1CN(c2ccc(-c3cnc(N)c(-c4ccc5c(c4)CCNC5=O)c3)c(F)c2)CCN1C. The van der Waals surface area contributed by atoms with Gasteiger partial charge in [0.25, 0.3) is 5.91 Å². The van der Waals surface area contributed by atoms with Crippen LogP contribution in [0.4, 0.5) is 15.9 Å². The Kier molecular flexibility index (Phi) is 6.19. The molecule has 0 aliphatic carbocycles. The van der Waals surface area contributed by atoms with E-state index in [1.54, 1.807) is 12.3 Å². The van der Waals surface area contributed by atoms with Crippen molar-refractivity contribution in [1.82, 2.24) is 15.2 Å². The number of nitrogens with two attached hydrogens (primary N) is 1. The highest BCUT2D eigenvalue weighted by molar-refractivity contribution is 5.97. The molecule has 6 nitrogen and oxygen atoms in total. The fourth-order valence-electron chi connectivity index (χ4n) is 5.24. The first-order chi connectivity index (χ1) is 16.8. The fourth-order valence-corrected chi connectivity index (χ4v) is 5.24. The van der Waals surface area contributed by atoms with Crippen molar-refractivity contribution in [2.45, 2.75) is 26.3 Å². The number of aromatic nitrogens is 1. The van der Waals surface area contributed by atoms with Gasteiger partial charge in [-0.15, -0.1) is 0 Å². The number of piperazine rings is 1. The summed E-state index contributed by atoms with van der Waals surface area (Å²) >= 11 is 0. The highest BCUT2D eigenvalue weighted by atomic mass is 19.1. The number of pyridine rings is 1. The number of nitrogen functional groups attached to an aromatic ring is 1. The van der Waals surface area contributed by atoms with Crippen LogP contribution in [-0.4, -0.2) is 55.1 Å². The molecule has 0 saturated carbocycles. The molecule has 2 aliphatic rings. The number of nitrogens with one attached hydrogen (secondary N) is 1. The smallest absolute Gasteiger partial charge is 0.251 e. The third-order valence-corrected chi connectivity index (χ3v) is 7.35. The summed E-state index contributed by atoms with van der Waals surface area (Å²) in [7, 11) is 2.16. The van der Waals surface area contributed by atoms with E-state index in [0.29, 0.717) is 41.0 Å². The lowest BCUT2D eigenvalue weighted by molar-refractivity contribution is 0.0946. The summed E-state index contributed by atoms with van der Waals surface area (Å²) in [5, 5.41) is 2.86. The van der Waals surface area contributed by atoms with Crippen molar-refractivity contribution in [3.63, 3.8) is 0 Å². The van der Waals surface area contributed by atoms with Gasteiger partial charge in [0, 0.05) is 66.4 Å². The fraction of sp³-hybridized carbons (Fsp3) is 0.357. The number of anilines is 2. The van der Waals surface area contributed by atoms with Gasteiger partial charge in [0.1, 0.15) is 11.6 Å². The Morgan fingerprint density at radius 3 is 2.63 bits per heavy atom. The Bertz CT molecular complexity index is 1270. The van der Waals surface area contributed by atoms with Gasteiger partial charge in [0.2, 0.25) is 0 Å². The number of benzene rings is 2. The summed E-state index contributed by atoms with van der Waals surface area (Å²) < 4.78 is 15.4. The van der Waals surface area contributed by atoms with Crippen LogP contribution < -0.4 is 16.0 Å². The van der Waals surface area contributed by atoms with Gasteiger partial charge in [-0.3, -0.25) is 9.69 Å². The Hall–Kier alpha value is -3.45. The molecule has 182 valence electrons. The van der Waals surface area contributed by atoms with Gasteiger partial charge in [-0.05, 0) is 60.8 Å². The molecule has 1 aromatic heterocycles. The van der Waals surface area contributed by atoms with Crippen LogP contribution in [0, 0.1) is 11.7 Å². The van der Waals surface area contributed by atoms with E-state index < -0.39 is 0 Å². The van der Waals surface area contributed by atoms with Crippen molar-refractivity contribution in [3.05, 3.63) is 65.6 Å². The maximum absolute atomic E-state index is 15.4. The second-order valence-electron chi connectivity index (χ2n) is 9.94. The van der Waals surface area contributed by atoms with Crippen LogP contribution in [0.2, 0.25) is 0 Å². The zero-order valence-corrected chi connectivity index (χ0v) is 20.5. The molecule has 3 N–H and O–H groups in total. The van der Waals surface area contributed by atoms with Crippen LogP contribution in [0.5, 0.6) is 0 Å². The third-order valence-electron chi connectivity index (χ3n) is 7.35. The summed E-state index contributed by atoms with van der Waals surface area (Å²) in [5.41, 5.74) is 11.6. The van der Waals surface area contributed by atoms with Crippen molar-refractivity contribution in [2.75, 3.05) is 43.9 Å². The Morgan fingerprint density at radius 1 is 1.06 bits per heavy atom. The quantitative estimate of drug-likeness (QED) is 0.594. The Balaban J connectivity index is 1.44. The van der Waals surface area contributed by atoms with E-state index in [1.165, 1.54) is 0 Å². The predicted molar refractivity (Wildman–Crippen MR) is 139 cm³/mol. The lowest BCUT2D eigenvalue weighted by Crippen LogP contribution is -2.53. The molecule has 2 aliphatic heterocycles. The zero-order chi connectivity index (χ0) is 24.7. The van der Waals surface area contributed by atoms with Crippen LogP contribution in [-0.2, 0) is 6.42 Å². The summed E-state index contributed by atoms with van der Waals surface area (Å²) in [4.78, 5) is 21.1. The van der Waals surface area contributed by atoms with Gasteiger partial charge in [0.15, 0.2) is 0 Å². The first kappa shape index (κ1) is 23.3. The molecule has 35 heavy (non-hydrogen) atoms. The molecular weight excluding hydrogens is 441 g/mol. The van der Waals surface area contributed by atoms with E-state index in [4.69, 9.17) is 5.73 Å². The number of nitrogens with zero attached hydrogens (tertiary/aromatic N) is 3. The highest BCUT2D eigenvalue weighted by Gasteiger charge is 2.27. The van der Waals surface area contributed by atoms with E-state index in [0.717, 1.165) is 48.4 Å². The second-order valence-corrected chi connectivity index (χ2v) is 9.94. The van der Waals surface area contributed by atoms with Crippen molar-refractivity contribution >= 4 is 17.4 Å². The lowest BCUT2D eigenvalue weighted by atomic mass is 9.94. The van der Waals surface area contributed by atoms with Crippen LogP contribution in [0.25, 0.3) is 22.3 Å². The Labute approximate surface area is 206 Å². The molecule has 1 amide bonds. The van der Waals surface area contributed by atoms with E-state index in [-0.39, 0.29) is 11.7 Å². The van der Waals surface area contributed by atoms with Crippen molar-refractivity contribution in [1.29, 1.82) is 0 Å². The van der Waals surface area contributed by atoms with Crippen LogP contribution >= 0.6 is 0 Å². The molecule has 0 radical (unpaired) electrons. The molecule has 0 bridgehead atoms. The molecule has 3 aromatic rings. The number of amides is 1. The zero-order valence-electron chi connectivity index (χ0n) is 20.5. The van der Waals surface area contributed by atoms with Crippen molar-refractivity contribution in [2.24, 2.45) is 5.92 Å². The van der Waals surface area contributed by atoms with Gasteiger partial charge in [-0.2, -0.15) is 0 Å². The summed E-state index contributed by atoms with van der Waals surface area (Å²) in [6.45, 7) is 7.81. The maximum atomic E-state index is 15.4. The van der Waals surface area contributed by atoms with E-state index in [1.807, 2.05) is 36.4 Å². The number of carbonyl (C=O) groups excluding carboxylic acids is 1. The van der Waals surface area contributed by atoms with Crippen LogP contribution in [0.3, 0.4) is 0 Å². The largest absolute Gasteiger partial charge is 0.383 e. The number of rotatable bonds is 4. The molecule has 3 heterocycles. The molecule has 2 aromatic carbocycles. The number of hydrogen-bond acceptors (Lipinski definition) is 5. The van der Waals surface area contributed by atoms with Crippen molar-refractivity contribution in [3.8, 4) is 22.3 Å². The molecular formula is C28H32FN5O. The molecule has 1 unspecified atom stereocenters. The normalized spacial score (nSPS) is 18.5. The van der Waals surface area contributed by atoms with Gasteiger partial charge in [-0.1, -0.05) is 26.0 Å². The monoisotopic (exact) mass is 473 g/mol. The standard InChI is InChI=1S/C28H32FN5O/c1-17(2)26-16-34(11-10-33(26)3)21-5-7-22(25(29)14-21)20-13-24(27(30)32-15-20)18-4-6-23-19(12-18)8-9-31-28(23)35/h4-7,12-15,17,26H,8-11,16H2,1-3H3,(H2,30,32)(H,31,35). The first-order valence-corrected chi connectivity index (χ1v) is 12.2. The summed E-state index contributed by atoms with van der Waals surface area (Å²) in [6.07, 6.45) is 2.38. The molecule has 1 atom stereocenters. The average molecular weight is 474 g/mol. The molecule has 5 rings (SSSR count). The van der Waals surface area contributed by atoms with Crippen molar-refractivity contribution < 1.29 is 9.18 Å². The highest BCUT2D eigenvalue weighted by Crippen LogP contribution is 2.34. The number of fused-ring (bicyclic) bond motifs is 1. The molecule has 7 heteroatoms. The molecule has 0 spiro atoms. The van der Waals surface area contributed by atoms with E-state index in [2.05, 4.69) is 41.0 Å². The van der Waals surface area contributed by atoms with Gasteiger partial charge >= 0.3 is 0 Å². The average Bonchev–Trinajstić information content (AvgIpc) is 2.84. The lowest BCUT2D eigenvalue weighted by Gasteiger charge is -2.42. The number of halogens is 1. The minimum Gasteiger partial charge on any atom is -0.383 e. The third kappa shape index (κ3) is 4.48. The topological polar surface area (TPSA) is 74.5 Å². The van der Waals surface area contributed by atoms with Crippen LogP contribution in [0.1, 0.15) is 29.8 Å². The first-order valence-electron chi connectivity index (χ1n) is 12.2. The number of likely N-dealkylation sites (N-methyl/N-ethyl adjacent to an activating group) is 1. The van der Waals surface area contributed by atoms with Gasteiger partial charge in [0.05, 0.1) is 0 Å². The molecule has 1 saturated heterocycles. The Morgan fingerprint density at radius 2 is 1.86 bits per heavy atom. The van der Waals surface area contributed by atoms with E-state index >= 15 is 4.39 Å². The summed E-state index contributed by atoms with van der Waals surface area (Å²) in [6, 6.07) is 13.5.